The molecule has 0 atom stereocenters. The van der Waals surface area contributed by atoms with Gasteiger partial charge in [-0.1, -0.05) is 47.5 Å². The number of aryl methyl sites for hydroxylation is 1. The van der Waals surface area contributed by atoms with Crippen LogP contribution in [0.15, 0.2) is 48.5 Å². The van der Waals surface area contributed by atoms with Gasteiger partial charge in [0.05, 0.1) is 29.1 Å². The Kier molecular flexibility index (Phi) is 5.76. The number of fused-ring (bicyclic) bond motifs is 1. The van der Waals surface area contributed by atoms with Crippen LogP contribution in [0.2, 0.25) is 10.0 Å². The second-order valence-corrected chi connectivity index (χ2v) is 7.81. The van der Waals surface area contributed by atoms with Gasteiger partial charge >= 0.3 is 5.97 Å². The minimum atomic E-state index is -0.869. The van der Waals surface area contributed by atoms with Crippen molar-refractivity contribution in [3.8, 4) is 33.8 Å². The molecule has 0 fully saturated rings. The molecule has 0 aliphatic carbocycles. The summed E-state index contributed by atoms with van der Waals surface area (Å²) in [6, 6.07) is 14.4. The highest BCUT2D eigenvalue weighted by atomic mass is 35.5. The normalized spacial score (nSPS) is 11.1. The van der Waals surface area contributed by atoms with Crippen LogP contribution < -0.4 is 4.74 Å². The number of carbonyl (C=O) groups is 1. The number of rotatable bonds is 6. The largest absolute Gasteiger partial charge is 0.504 e. The van der Waals surface area contributed by atoms with Gasteiger partial charge in [0, 0.05) is 28.6 Å². The monoisotopic (exact) mass is 456 g/mol. The Labute approximate surface area is 188 Å². The summed E-state index contributed by atoms with van der Waals surface area (Å²) in [4.78, 5) is 10.9. The number of benzene rings is 3. The Balaban J connectivity index is 1.73. The van der Waals surface area contributed by atoms with Crippen LogP contribution in [0.1, 0.15) is 12.1 Å². The summed E-state index contributed by atoms with van der Waals surface area (Å²) in [5.74, 6) is -0.554. The molecule has 0 bridgehead atoms. The number of aromatic hydroxyl groups is 1. The molecule has 0 spiro atoms. The summed E-state index contributed by atoms with van der Waals surface area (Å²) in [6.07, 6.45) is 0.355. The maximum atomic E-state index is 10.9. The molecule has 0 unspecified atom stereocenters. The van der Waals surface area contributed by atoms with Gasteiger partial charge < -0.3 is 14.9 Å². The average molecular weight is 457 g/mol. The molecule has 1 aromatic heterocycles. The quantitative estimate of drug-likeness (QED) is 0.333. The first-order chi connectivity index (χ1) is 14.9. The van der Waals surface area contributed by atoms with Gasteiger partial charge in [-0.05, 0) is 35.4 Å². The number of aliphatic carboxylic acids is 1. The van der Waals surface area contributed by atoms with Crippen molar-refractivity contribution in [2.24, 2.45) is 0 Å². The number of methoxy groups -OCH3 is 1. The lowest BCUT2D eigenvalue weighted by Gasteiger charge is -2.12. The summed E-state index contributed by atoms with van der Waals surface area (Å²) in [6.45, 7) is 0. The number of aromatic nitrogens is 2. The van der Waals surface area contributed by atoms with E-state index in [0.717, 1.165) is 27.8 Å². The van der Waals surface area contributed by atoms with Gasteiger partial charge in [0.15, 0.2) is 11.5 Å². The highest BCUT2D eigenvalue weighted by Gasteiger charge is 2.16. The zero-order valence-electron chi connectivity index (χ0n) is 16.4. The molecule has 4 aromatic rings. The van der Waals surface area contributed by atoms with Crippen LogP contribution >= 0.6 is 23.2 Å². The number of halogens is 2. The van der Waals surface area contributed by atoms with Crippen LogP contribution in [-0.4, -0.2) is 33.5 Å². The van der Waals surface area contributed by atoms with E-state index >= 15 is 0 Å². The number of ether oxygens (including phenoxy) is 1. The highest BCUT2D eigenvalue weighted by Crippen LogP contribution is 2.43. The number of phenolic OH excluding ortho intramolecular Hbond substituents is 1. The Morgan fingerprint density at radius 2 is 1.77 bits per heavy atom. The molecule has 6 nitrogen and oxygen atoms in total. The molecule has 8 heteroatoms. The molecule has 0 radical (unpaired) electrons. The maximum Gasteiger partial charge on any atom is 0.303 e. The van der Waals surface area contributed by atoms with Crippen LogP contribution in [-0.2, 0) is 11.2 Å². The van der Waals surface area contributed by atoms with Crippen LogP contribution in [0, 0.1) is 0 Å². The molecule has 0 aliphatic heterocycles. The molecule has 1 heterocycles. The van der Waals surface area contributed by atoms with Gasteiger partial charge in [-0.2, -0.15) is 5.10 Å². The third-order valence-corrected chi connectivity index (χ3v) is 5.73. The maximum absolute atomic E-state index is 10.9. The first kappa shape index (κ1) is 21.0. The van der Waals surface area contributed by atoms with E-state index in [-0.39, 0.29) is 12.2 Å². The number of aromatic amines is 1. The predicted octanol–water partition coefficient (Wildman–Crippen LogP) is 5.94. The van der Waals surface area contributed by atoms with Crippen molar-refractivity contribution in [3.63, 3.8) is 0 Å². The molecule has 158 valence electrons. The number of hydrogen-bond acceptors (Lipinski definition) is 4. The van der Waals surface area contributed by atoms with Crippen molar-refractivity contribution >= 4 is 40.1 Å². The zero-order chi connectivity index (χ0) is 22.1. The lowest BCUT2D eigenvalue weighted by molar-refractivity contribution is -0.136. The second-order valence-electron chi connectivity index (χ2n) is 7.00. The van der Waals surface area contributed by atoms with Gasteiger partial charge in [-0.3, -0.25) is 9.89 Å². The number of carboxylic acids is 1. The summed E-state index contributed by atoms with van der Waals surface area (Å²) in [7, 11) is 1.48. The van der Waals surface area contributed by atoms with Gasteiger partial charge in [-0.15, -0.1) is 0 Å². The van der Waals surface area contributed by atoms with Crippen molar-refractivity contribution in [2.75, 3.05) is 7.11 Å². The van der Waals surface area contributed by atoms with Gasteiger partial charge in [-0.25, -0.2) is 0 Å². The minimum Gasteiger partial charge on any atom is -0.504 e. The Bertz CT molecular complexity index is 1280. The Morgan fingerprint density at radius 3 is 2.45 bits per heavy atom. The molecule has 0 saturated heterocycles. The summed E-state index contributed by atoms with van der Waals surface area (Å²) < 4.78 is 5.18. The van der Waals surface area contributed by atoms with Crippen LogP contribution in [0.4, 0.5) is 0 Å². The first-order valence-corrected chi connectivity index (χ1v) is 10.2. The standard InChI is InChI=1S/C23H18Cl2N2O4/c1-31-20-8-6-16(24)22(23(20)30)13-4-2-12(3-5-13)14-10-15-18(7-9-21(28)29)26-27-19(15)11-17(14)25/h2-6,8,10-11,30H,7,9H2,1H3,(H,26,27)(H,28,29). The summed E-state index contributed by atoms with van der Waals surface area (Å²) in [5.41, 5.74) is 4.30. The van der Waals surface area contributed by atoms with Crippen molar-refractivity contribution < 1.29 is 19.7 Å². The van der Waals surface area contributed by atoms with E-state index in [1.54, 1.807) is 18.2 Å². The molecular weight excluding hydrogens is 439 g/mol. The highest BCUT2D eigenvalue weighted by molar-refractivity contribution is 6.34. The summed E-state index contributed by atoms with van der Waals surface area (Å²) in [5, 5.41) is 28.3. The van der Waals surface area contributed by atoms with Gasteiger partial charge in [0.2, 0.25) is 0 Å². The lowest BCUT2D eigenvalue weighted by Crippen LogP contribution is -1.98. The molecule has 3 N–H and O–H groups in total. The minimum absolute atomic E-state index is 0.00867. The number of nitrogens with zero attached hydrogens (tertiary/aromatic N) is 1. The molecule has 4 rings (SSSR count). The topological polar surface area (TPSA) is 95.4 Å². The van der Waals surface area contributed by atoms with E-state index in [0.29, 0.717) is 33.3 Å². The van der Waals surface area contributed by atoms with E-state index in [1.165, 1.54) is 7.11 Å². The van der Waals surface area contributed by atoms with Crippen molar-refractivity contribution in [2.45, 2.75) is 12.8 Å². The van der Waals surface area contributed by atoms with Gasteiger partial charge in [0.25, 0.3) is 0 Å². The first-order valence-electron chi connectivity index (χ1n) is 9.43. The van der Waals surface area contributed by atoms with Crippen LogP contribution in [0.3, 0.4) is 0 Å². The number of carboxylic acid groups (broad SMARTS) is 1. The van der Waals surface area contributed by atoms with Crippen molar-refractivity contribution in [1.29, 1.82) is 0 Å². The Hall–Kier alpha value is -3.22. The molecule has 3 aromatic carbocycles. The summed E-state index contributed by atoms with van der Waals surface area (Å²) >= 11 is 12.8. The van der Waals surface area contributed by atoms with E-state index in [4.69, 9.17) is 33.0 Å². The molecule has 31 heavy (non-hydrogen) atoms. The fourth-order valence-electron chi connectivity index (χ4n) is 3.53. The SMILES string of the molecule is COc1ccc(Cl)c(-c2ccc(-c3cc4c(CCC(=O)O)[nH]nc4cc3Cl)cc2)c1O. The number of nitrogens with one attached hydrogen (secondary N) is 1. The number of H-pyrrole nitrogens is 1. The van der Waals surface area contributed by atoms with Crippen LogP contribution in [0.25, 0.3) is 33.2 Å². The van der Waals surface area contributed by atoms with Gasteiger partial charge in [0.1, 0.15) is 0 Å². The smallest absolute Gasteiger partial charge is 0.303 e. The molecule has 0 aliphatic rings. The lowest BCUT2D eigenvalue weighted by atomic mass is 9.98. The fraction of sp³-hybridized carbons (Fsp3) is 0.130. The third kappa shape index (κ3) is 4.04. The number of hydrogen-bond donors (Lipinski definition) is 3. The molecule has 0 saturated carbocycles. The van der Waals surface area contributed by atoms with E-state index < -0.39 is 5.97 Å². The van der Waals surface area contributed by atoms with E-state index in [2.05, 4.69) is 10.2 Å². The van der Waals surface area contributed by atoms with Crippen molar-refractivity contribution in [3.05, 3.63) is 64.3 Å². The van der Waals surface area contributed by atoms with Crippen LogP contribution in [0.5, 0.6) is 11.5 Å². The Morgan fingerprint density at radius 1 is 1.06 bits per heavy atom. The second kappa shape index (κ2) is 8.49. The number of phenols is 1. The zero-order valence-corrected chi connectivity index (χ0v) is 18.0. The third-order valence-electron chi connectivity index (χ3n) is 5.11. The molecular formula is C23H18Cl2N2O4. The van der Waals surface area contributed by atoms with E-state index in [1.807, 2.05) is 30.3 Å². The van der Waals surface area contributed by atoms with Crippen molar-refractivity contribution in [1.82, 2.24) is 10.2 Å². The van der Waals surface area contributed by atoms with E-state index in [9.17, 15) is 9.90 Å². The molecule has 0 amide bonds. The average Bonchev–Trinajstić information content (AvgIpc) is 3.14. The fourth-order valence-corrected chi connectivity index (χ4v) is 4.06. The predicted molar refractivity (Wildman–Crippen MR) is 121 cm³/mol.